The zero-order chi connectivity index (χ0) is 39.5. The SMILES string of the molecule is Cl.[2H]C([2H])(CCN1CCN(c2cccc(Cl)c2)CC1)n1nc2ccccn2c1=O.[2H]C([2H])(CCN1CCN(c2cccc(Cl)c2)CC1)n1nc2ccccn2c1=O. The van der Waals surface area contributed by atoms with Crippen molar-refractivity contribution in [2.75, 3.05) is 75.2 Å². The van der Waals surface area contributed by atoms with Crippen LogP contribution in [-0.4, -0.2) is 104 Å². The number of aromatic nitrogens is 6. The van der Waals surface area contributed by atoms with E-state index in [9.17, 15) is 9.59 Å². The topological polar surface area (TPSA) is 91.6 Å². The lowest BCUT2D eigenvalue weighted by Crippen LogP contribution is -2.46. The van der Waals surface area contributed by atoms with E-state index in [-0.39, 0.29) is 25.2 Å². The molecule has 0 aliphatic carbocycles. The molecule has 15 heteroatoms. The normalized spacial score (nSPS) is 17.0. The lowest BCUT2D eigenvalue weighted by atomic mass is 10.2. The molecular weight excluding hydrogens is 735 g/mol. The molecule has 280 valence electrons. The van der Waals surface area contributed by atoms with Crippen molar-refractivity contribution in [3.8, 4) is 0 Å². The van der Waals surface area contributed by atoms with Gasteiger partial charge in [-0.25, -0.2) is 19.0 Å². The van der Waals surface area contributed by atoms with Crippen LogP contribution in [0.5, 0.6) is 0 Å². The highest BCUT2D eigenvalue weighted by molar-refractivity contribution is 6.31. The summed E-state index contributed by atoms with van der Waals surface area (Å²) in [6, 6.07) is 26.1. The van der Waals surface area contributed by atoms with Crippen molar-refractivity contribution >= 4 is 58.3 Å². The quantitative estimate of drug-likeness (QED) is 0.189. The zero-order valence-electron chi connectivity index (χ0n) is 33.2. The second-order valence-electron chi connectivity index (χ2n) is 12.7. The third-order valence-corrected chi connectivity index (χ3v) is 9.80. The van der Waals surface area contributed by atoms with Gasteiger partial charge in [-0.3, -0.25) is 18.6 Å². The van der Waals surface area contributed by atoms with E-state index < -0.39 is 24.4 Å². The van der Waals surface area contributed by atoms with Gasteiger partial charge in [-0.15, -0.1) is 22.6 Å². The van der Waals surface area contributed by atoms with Crippen LogP contribution in [0.3, 0.4) is 0 Å². The molecule has 8 rings (SSSR count). The molecule has 4 aromatic heterocycles. The van der Waals surface area contributed by atoms with Gasteiger partial charge in [0.15, 0.2) is 11.3 Å². The lowest BCUT2D eigenvalue weighted by Gasteiger charge is -2.36. The summed E-state index contributed by atoms with van der Waals surface area (Å²) in [4.78, 5) is 33.9. The van der Waals surface area contributed by atoms with Crippen molar-refractivity contribution in [1.82, 2.24) is 38.2 Å². The number of nitrogens with zero attached hydrogens (tertiary/aromatic N) is 10. The molecule has 0 N–H and O–H groups in total. The predicted molar refractivity (Wildman–Crippen MR) is 216 cm³/mol. The number of fused-ring (bicyclic) bond motifs is 2. The Morgan fingerprint density at radius 2 is 0.981 bits per heavy atom. The van der Waals surface area contributed by atoms with Gasteiger partial charge in [0.1, 0.15) is 0 Å². The molecule has 0 radical (unpaired) electrons. The van der Waals surface area contributed by atoms with Gasteiger partial charge in [0.05, 0.1) is 5.48 Å². The summed E-state index contributed by atoms with van der Waals surface area (Å²) in [6.07, 6.45) is 3.61. The average Bonchev–Trinajstić information content (AvgIpc) is 3.74. The third-order valence-electron chi connectivity index (χ3n) is 9.33. The summed E-state index contributed by atoms with van der Waals surface area (Å²) in [5, 5.41) is 9.78. The second kappa shape index (κ2) is 18.1. The molecule has 2 aliphatic rings. The van der Waals surface area contributed by atoms with Crippen LogP contribution in [0.1, 0.15) is 18.3 Å². The van der Waals surface area contributed by atoms with Gasteiger partial charge in [0, 0.05) is 112 Å². The molecular formula is C38H45Cl3N10O2. The van der Waals surface area contributed by atoms with Crippen LogP contribution >= 0.6 is 35.6 Å². The van der Waals surface area contributed by atoms with Crippen LogP contribution < -0.4 is 21.2 Å². The highest BCUT2D eigenvalue weighted by atomic mass is 35.5. The summed E-state index contributed by atoms with van der Waals surface area (Å²) >= 11 is 12.2. The van der Waals surface area contributed by atoms with E-state index in [1.165, 1.54) is 8.80 Å². The number of aryl methyl sites for hydroxylation is 2. The van der Waals surface area contributed by atoms with E-state index >= 15 is 0 Å². The van der Waals surface area contributed by atoms with Crippen molar-refractivity contribution < 1.29 is 5.48 Å². The molecule has 2 fully saturated rings. The Labute approximate surface area is 330 Å². The van der Waals surface area contributed by atoms with E-state index in [0.29, 0.717) is 24.4 Å². The van der Waals surface area contributed by atoms with Crippen LogP contribution in [0, 0.1) is 0 Å². The highest BCUT2D eigenvalue weighted by Crippen LogP contribution is 2.22. The van der Waals surface area contributed by atoms with Gasteiger partial charge in [-0.05, 0) is 73.5 Å². The monoisotopic (exact) mass is 782 g/mol. The van der Waals surface area contributed by atoms with Crippen molar-refractivity contribution in [3.05, 3.63) is 128 Å². The molecule has 6 aromatic rings. The first-order valence-electron chi connectivity index (χ1n) is 19.5. The molecule has 0 saturated carbocycles. The molecule has 2 saturated heterocycles. The predicted octanol–water partition coefficient (Wildman–Crippen LogP) is 5.15. The van der Waals surface area contributed by atoms with E-state index in [2.05, 4.69) is 41.9 Å². The van der Waals surface area contributed by atoms with Gasteiger partial charge in [-0.1, -0.05) is 47.5 Å². The van der Waals surface area contributed by atoms with Gasteiger partial charge < -0.3 is 9.80 Å². The average molecular weight is 784 g/mol. The molecule has 2 aromatic carbocycles. The molecule has 0 bridgehead atoms. The minimum atomic E-state index is -1.84. The molecule has 2 aliphatic heterocycles. The molecule has 0 atom stereocenters. The van der Waals surface area contributed by atoms with Crippen molar-refractivity contribution in [1.29, 1.82) is 0 Å². The largest absolute Gasteiger partial charge is 0.369 e. The van der Waals surface area contributed by atoms with Gasteiger partial charge in [0.2, 0.25) is 0 Å². The van der Waals surface area contributed by atoms with E-state index in [0.717, 1.165) is 83.1 Å². The molecule has 12 nitrogen and oxygen atoms in total. The highest BCUT2D eigenvalue weighted by Gasteiger charge is 2.19. The van der Waals surface area contributed by atoms with Crippen molar-refractivity contribution in [3.63, 3.8) is 0 Å². The molecule has 6 heterocycles. The standard InChI is InChI=1S/2C19H22ClN5O.ClH/c2*20-16-5-3-6-17(15-16)23-13-11-22(12-14-23)8-4-10-25-19(26)24-9-2-1-7-18(24)21-25;/h2*1-3,5-7,9,15H,4,8,10-14H2;1H/i2*10D2;. The molecule has 53 heavy (non-hydrogen) atoms. The number of rotatable bonds is 10. The summed E-state index contributed by atoms with van der Waals surface area (Å²) in [5.74, 6) is 0. The Morgan fingerprint density at radius 1 is 0.566 bits per heavy atom. The van der Waals surface area contributed by atoms with Crippen LogP contribution in [0.25, 0.3) is 11.3 Å². The number of piperazine rings is 2. The number of anilines is 2. The fourth-order valence-corrected chi connectivity index (χ4v) is 6.86. The summed E-state index contributed by atoms with van der Waals surface area (Å²) in [7, 11) is 0. The van der Waals surface area contributed by atoms with E-state index in [4.69, 9.17) is 28.7 Å². The number of pyridine rings is 2. The maximum Gasteiger partial charge on any atom is 0.350 e. The second-order valence-corrected chi connectivity index (χ2v) is 13.6. The molecule has 0 unspecified atom stereocenters. The molecule has 0 spiro atoms. The first-order chi connectivity index (χ1) is 26.9. The zero-order valence-corrected chi connectivity index (χ0v) is 31.5. The number of hydrogen-bond donors (Lipinski definition) is 0. The van der Waals surface area contributed by atoms with Crippen molar-refractivity contribution in [2.45, 2.75) is 25.8 Å². The number of hydrogen-bond acceptors (Lipinski definition) is 8. The number of benzene rings is 2. The summed E-state index contributed by atoms with van der Waals surface area (Å²) in [6.45, 7) is 4.23. The Kier molecular flexibility index (Phi) is 11.4. The Balaban J connectivity index is 0.000000189. The first kappa shape index (κ1) is 33.3. The smallest absolute Gasteiger partial charge is 0.350 e. The summed E-state index contributed by atoms with van der Waals surface area (Å²) < 4.78 is 38.1. The van der Waals surface area contributed by atoms with Crippen LogP contribution in [0.15, 0.2) is 107 Å². The fourth-order valence-electron chi connectivity index (χ4n) is 6.49. The van der Waals surface area contributed by atoms with Crippen LogP contribution in [-0.2, 0) is 13.0 Å². The maximum atomic E-state index is 12.4. The fraction of sp³-hybridized carbons (Fsp3) is 0.368. The van der Waals surface area contributed by atoms with Crippen LogP contribution in [0.4, 0.5) is 11.4 Å². The minimum absolute atomic E-state index is 0. The number of halogens is 3. The van der Waals surface area contributed by atoms with Crippen molar-refractivity contribution in [2.24, 2.45) is 0 Å². The Hall–Kier alpha value is -4.33. The lowest BCUT2D eigenvalue weighted by molar-refractivity contribution is 0.248. The Morgan fingerprint density at radius 3 is 1.36 bits per heavy atom. The Bertz CT molecular complexity index is 2220. The van der Waals surface area contributed by atoms with E-state index in [1.54, 1.807) is 48.8 Å². The maximum absolute atomic E-state index is 12.4. The van der Waals surface area contributed by atoms with Gasteiger partial charge >= 0.3 is 11.4 Å². The van der Waals surface area contributed by atoms with Gasteiger partial charge in [-0.2, -0.15) is 0 Å². The van der Waals surface area contributed by atoms with Crippen LogP contribution in [0.2, 0.25) is 10.0 Å². The first-order valence-corrected chi connectivity index (χ1v) is 18.2. The molecule has 0 amide bonds. The van der Waals surface area contributed by atoms with E-state index in [1.807, 2.05) is 36.4 Å². The van der Waals surface area contributed by atoms with Gasteiger partial charge in [0.25, 0.3) is 0 Å². The third kappa shape index (κ3) is 9.62. The minimum Gasteiger partial charge on any atom is -0.369 e. The summed E-state index contributed by atoms with van der Waals surface area (Å²) in [5.41, 5.74) is 2.22.